The van der Waals surface area contributed by atoms with Crippen molar-refractivity contribution in [2.45, 2.75) is 184 Å². The van der Waals surface area contributed by atoms with Crippen molar-refractivity contribution in [3.63, 3.8) is 0 Å². The number of aliphatic hydroxyl groups excluding tert-OH is 17. The highest BCUT2D eigenvalue weighted by molar-refractivity contribution is 7.46. The molecule has 0 amide bonds. The normalized spacial score (nSPS) is 48.4. The molecule has 6 aliphatic rings. The fourth-order valence-corrected chi connectivity index (χ4v) is 9.47. The van der Waals surface area contributed by atoms with Gasteiger partial charge in [-0.2, -0.15) is 0 Å². The summed E-state index contributed by atoms with van der Waals surface area (Å²) in [5.41, 5.74) is 5.54. The molecule has 0 aliphatic carbocycles. The van der Waals surface area contributed by atoms with E-state index in [2.05, 4.69) is 9.05 Å². The molecule has 0 saturated carbocycles. The molecule has 40 heteroatoms. The Labute approximate surface area is 433 Å². The molecular formula is C37H67NO37P2. The van der Waals surface area contributed by atoms with Crippen LogP contribution in [0, 0.1) is 0 Å². The molecule has 6 rings (SSSR count). The lowest BCUT2D eigenvalue weighted by molar-refractivity contribution is -0.391. The highest BCUT2D eigenvalue weighted by atomic mass is 31.2. The van der Waals surface area contributed by atoms with Crippen LogP contribution in [0.15, 0.2) is 0 Å². The highest BCUT2D eigenvalue weighted by Gasteiger charge is 2.56. The van der Waals surface area contributed by atoms with E-state index in [1.54, 1.807) is 0 Å². The Morgan fingerprint density at radius 3 is 1.05 bits per heavy atom. The van der Waals surface area contributed by atoms with E-state index in [1.807, 2.05) is 0 Å². The van der Waals surface area contributed by atoms with Crippen molar-refractivity contribution in [1.82, 2.24) is 0 Å². The van der Waals surface area contributed by atoms with Gasteiger partial charge in [-0.25, -0.2) is 9.13 Å². The van der Waals surface area contributed by atoms with Gasteiger partial charge < -0.3 is 169 Å². The minimum Gasteiger partial charge on any atom is -0.394 e. The van der Waals surface area contributed by atoms with E-state index in [-0.39, 0.29) is 0 Å². The summed E-state index contributed by atoms with van der Waals surface area (Å²) in [6, 6.07) is 0. The van der Waals surface area contributed by atoms with Gasteiger partial charge in [-0.3, -0.25) is 9.05 Å². The lowest BCUT2D eigenvalue weighted by Crippen LogP contribution is -2.67. The number of hydrogen-bond acceptors (Lipinski definition) is 34. The van der Waals surface area contributed by atoms with E-state index in [1.165, 1.54) is 0 Å². The second kappa shape index (κ2) is 27.6. The van der Waals surface area contributed by atoms with Gasteiger partial charge in [0.1, 0.15) is 146 Å². The van der Waals surface area contributed by atoms with Crippen LogP contribution in [0.2, 0.25) is 0 Å². The zero-order valence-corrected chi connectivity index (χ0v) is 41.5. The summed E-state index contributed by atoms with van der Waals surface area (Å²) in [4.78, 5) is 36.5. The number of phosphoric ester groups is 2. The predicted octanol–water partition coefficient (Wildman–Crippen LogP) is -13.9. The van der Waals surface area contributed by atoms with Crippen molar-refractivity contribution in [3.05, 3.63) is 0 Å². The van der Waals surface area contributed by atoms with Crippen LogP contribution in [-0.2, 0) is 75.0 Å². The third kappa shape index (κ3) is 15.6. The molecule has 0 unspecified atom stereocenters. The molecule has 6 saturated heterocycles. The second-order valence-electron chi connectivity index (χ2n) is 18.4. The minimum absolute atomic E-state index is 0.671. The van der Waals surface area contributed by atoms with E-state index < -0.39 is 246 Å². The second-order valence-corrected chi connectivity index (χ2v) is 20.8. The molecule has 6 fully saturated rings. The lowest BCUT2D eigenvalue weighted by Gasteiger charge is -2.48. The molecule has 0 spiro atoms. The van der Waals surface area contributed by atoms with Crippen LogP contribution >= 0.6 is 15.6 Å². The fourth-order valence-electron chi connectivity index (χ4n) is 8.79. The summed E-state index contributed by atoms with van der Waals surface area (Å²) in [6.07, 6.45) is -60.3. The highest BCUT2D eigenvalue weighted by Crippen LogP contribution is 2.40. The number of nitrogens with two attached hydrogens (primary N) is 1. The van der Waals surface area contributed by atoms with Gasteiger partial charge in [0.15, 0.2) is 37.7 Å². The molecule has 77 heavy (non-hydrogen) atoms. The SMILES string of the molecule is NCO[C@@H]1O[C@H](CO[C@H]2O[C@H](CO[C@H]3O[C@H](CO)[C@@H](O)[C@H](O)[C@@H]3O[C@H]3O[C@H](COP(=O)(O)O)[C@@H](O)[C@H](O)[C@@H]3O)[C@@H](O)[C@H](O)[C@@H]2O)[C@@H](O)[C@H](O[C@H]2O[C@H](CO)[C@@H](O)[C@H](O)[C@@H]2O[C@H]2O[C@H](COP(=O)(O)O)[C@@H](O)[C@H](O)[C@@H]2O)[C@@H]1O. The van der Waals surface area contributed by atoms with E-state index in [0.717, 1.165) is 0 Å². The van der Waals surface area contributed by atoms with Crippen LogP contribution in [0.5, 0.6) is 0 Å². The van der Waals surface area contributed by atoms with Crippen molar-refractivity contribution in [1.29, 1.82) is 0 Å². The number of phosphoric acid groups is 2. The Morgan fingerprint density at radius 1 is 0.325 bits per heavy atom. The quantitative estimate of drug-likeness (QED) is 0.0353. The van der Waals surface area contributed by atoms with Crippen LogP contribution in [0.25, 0.3) is 0 Å². The number of aliphatic hydroxyl groups is 17. The van der Waals surface area contributed by atoms with Gasteiger partial charge in [0, 0.05) is 0 Å². The maximum absolute atomic E-state index is 11.6. The van der Waals surface area contributed by atoms with Crippen LogP contribution in [-0.4, -0.2) is 337 Å². The number of ether oxygens (including phenoxy) is 12. The molecule has 0 radical (unpaired) electrons. The first-order valence-corrected chi connectivity index (χ1v) is 26.3. The largest absolute Gasteiger partial charge is 0.469 e. The third-order valence-corrected chi connectivity index (χ3v) is 14.1. The van der Waals surface area contributed by atoms with Crippen molar-refractivity contribution >= 4 is 15.6 Å². The van der Waals surface area contributed by atoms with E-state index in [0.29, 0.717) is 0 Å². The standard InChI is InChI=1S/C37H67NO37P2/c38-7-64-33-28(55)29(73-37-31(24(51)15(42)9(2-40)68-37)75-35-27(54)22(49)18(45)13(72-35)6-66-77(59,60)61)19(46)11(70-33)4-62-32-25(52)20(47)16(43)10(69-32)3-63-36-30(23(50)14(41)8(1-39)67-36)74-34-26(53)21(48)17(44)12(71-34)5-65-76(56,57)58/h8-37,39-55H,1-7,38H2,(H2,56,57,58)(H2,59,60,61)/t8-,9-,10-,11-,12-,13-,14-,15-,16-,17-,18-,19-,20+,21+,22+,23+,24+,25+,26+,27+,28+,29+,30+,31+,32+,33-,34-,35-,36+,37-/m1/s1. The number of rotatable bonds is 22. The molecule has 6 aliphatic heterocycles. The summed E-state index contributed by atoms with van der Waals surface area (Å²) < 4.78 is 98.2. The molecule has 0 aromatic heterocycles. The Morgan fingerprint density at radius 2 is 0.636 bits per heavy atom. The molecule has 30 atom stereocenters. The van der Waals surface area contributed by atoms with Gasteiger partial charge in [0.2, 0.25) is 0 Å². The first-order chi connectivity index (χ1) is 36.0. The molecule has 452 valence electrons. The zero-order valence-electron chi connectivity index (χ0n) is 39.7. The first kappa shape index (κ1) is 65.2. The van der Waals surface area contributed by atoms with Gasteiger partial charge in [0.25, 0.3) is 0 Å². The topological polar surface area (TPSA) is 614 Å². The van der Waals surface area contributed by atoms with E-state index >= 15 is 0 Å². The lowest BCUT2D eigenvalue weighted by atomic mass is 9.96. The summed E-state index contributed by atoms with van der Waals surface area (Å²) in [7, 11) is -10.4. The Hall–Kier alpha value is -0.980. The molecule has 0 bridgehead atoms. The molecular weight excluding hydrogens is 1110 g/mol. The maximum atomic E-state index is 11.6. The Kier molecular flexibility index (Phi) is 23.4. The van der Waals surface area contributed by atoms with Gasteiger partial charge >= 0.3 is 15.6 Å². The van der Waals surface area contributed by atoms with E-state index in [9.17, 15) is 95.9 Å². The summed E-state index contributed by atoms with van der Waals surface area (Å²) in [5.74, 6) is 0. The van der Waals surface area contributed by atoms with Crippen molar-refractivity contribution in [2.24, 2.45) is 5.73 Å². The zero-order chi connectivity index (χ0) is 57.2. The Balaban J connectivity index is 1.15. The Bertz CT molecular complexity index is 1910. The molecule has 38 nitrogen and oxygen atoms in total. The van der Waals surface area contributed by atoms with Crippen LogP contribution < -0.4 is 5.73 Å². The summed E-state index contributed by atoms with van der Waals surface area (Å²) in [5, 5.41) is 182. The van der Waals surface area contributed by atoms with Gasteiger partial charge in [-0.1, -0.05) is 0 Å². The summed E-state index contributed by atoms with van der Waals surface area (Å²) in [6.45, 7) is -6.66. The van der Waals surface area contributed by atoms with Crippen molar-refractivity contribution < 1.29 is 181 Å². The van der Waals surface area contributed by atoms with Crippen LogP contribution in [0.4, 0.5) is 0 Å². The van der Waals surface area contributed by atoms with Gasteiger partial charge in [-0.15, -0.1) is 0 Å². The third-order valence-electron chi connectivity index (χ3n) is 13.1. The average molecular weight is 1180 g/mol. The van der Waals surface area contributed by atoms with Crippen molar-refractivity contribution in [2.75, 3.05) is 46.4 Å². The molecule has 0 aromatic rings. The molecule has 0 aromatic carbocycles. The monoisotopic (exact) mass is 1180 g/mol. The first-order valence-electron chi connectivity index (χ1n) is 23.3. The van der Waals surface area contributed by atoms with Crippen LogP contribution in [0.1, 0.15) is 0 Å². The number of hydrogen-bond donors (Lipinski definition) is 22. The fraction of sp³-hybridized carbons (Fsp3) is 1.00. The summed E-state index contributed by atoms with van der Waals surface area (Å²) >= 11 is 0. The van der Waals surface area contributed by atoms with Gasteiger partial charge in [0.05, 0.1) is 46.4 Å². The van der Waals surface area contributed by atoms with Crippen molar-refractivity contribution in [3.8, 4) is 0 Å². The van der Waals surface area contributed by atoms with Gasteiger partial charge in [-0.05, 0) is 0 Å². The maximum Gasteiger partial charge on any atom is 0.469 e. The average Bonchev–Trinajstić information content (AvgIpc) is 3.38. The van der Waals surface area contributed by atoms with Crippen LogP contribution in [0.3, 0.4) is 0 Å². The minimum atomic E-state index is -5.20. The predicted molar refractivity (Wildman–Crippen MR) is 229 cm³/mol. The van der Waals surface area contributed by atoms with E-state index in [4.69, 9.17) is 82.1 Å². The molecule has 6 heterocycles. The molecule has 23 N–H and O–H groups in total. The smallest absolute Gasteiger partial charge is 0.394 e.